The Morgan fingerprint density at radius 2 is 1.73 bits per heavy atom. The fourth-order valence-corrected chi connectivity index (χ4v) is 1.29. The minimum Gasteiger partial charge on any atom is -0.496 e. The molecule has 1 aliphatic carbocycles. The van der Waals surface area contributed by atoms with E-state index in [1.165, 1.54) is 25.7 Å². The van der Waals surface area contributed by atoms with Crippen molar-refractivity contribution in [3.05, 3.63) is 12.3 Å². The summed E-state index contributed by atoms with van der Waals surface area (Å²) in [5.74, 6) is 0.863. The average molecular weight is 156 g/mol. The highest BCUT2D eigenvalue weighted by atomic mass is 16.5. The summed E-state index contributed by atoms with van der Waals surface area (Å²) >= 11 is 0. The molecule has 0 aliphatic heterocycles. The topological polar surface area (TPSA) is 9.23 Å². The lowest BCUT2D eigenvalue weighted by Crippen LogP contribution is -2.04. The second-order valence-electron chi connectivity index (χ2n) is 2.73. The Balaban J connectivity index is 0.000000461. The number of allylic oxidation sites excluding steroid dienone is 1. The maximum atomic E-state index is 5.42. The van der Waals surface area contributed by atoms with Crippen LogP contribution in [0.1, 0.15) is 46.5 Å². The molecule has 0 bridgehead atoms. The van der Waals surface area contributed by atoms with Gasteiger partial charge in [-0.05, 0) is 32.6 Å². The highest BCUT2D eigenvalue weighted by molar-refractivity contribution is 4.79. The summed E-state index contributed by atoms with van der Waals surface area (Å²) in [4.78, 5) is 0. The highest BCUT2D eigenvalue weighted by Crippen LogP contribution is 2.22. The standard InChI is InChI=1S/C8H14O.C2H6/c1-7(2)9-8-5-3-4-6-8;1-2/h8H,1,3-6H2,2H3;1-2H3. The normalized spacial score (nSPS) is 17.0. The molecule has 0 aromatic heterocycles. The first-order valence-corrected chi connectivity index (χ1v) is 4.61. The first kappa shape index (κ1) is 10.5. The van der Waals surface area contributed by atoms with Crippen LogP contribution < -0.4 is 0 Å². The van der Waals surface area contributed by atoms with E-state index in [0.717, 1.165) is 5.76 Å². The Morgan fingerprint density at radius 1 is 1.27 bits per heavy atom. The van der Waals surface area contributed by atoms with Gasteiger partial charge in [0.25, 0.3) is 0 Å². The van der Waals surface area contributed by atoms with Gasteiger partial charge in [-0.2, -0.15) is 0 Å². The van der Waals surface area contributed by atoms with E-state index < -0.39 is 0 Å². The van der Waals surface area contributed by atoms with Gasteiger partial charge in [0.2, 0.25) is 0 Å². The van der Waals surface area contributed by atoms with Gasteiger partial charge in [0.05, 0.1) is 11.9 Å². The summed E-state index contributed by atoms with van der Waals surface area (Å²) in [5.41, 5.74) is 0. The van der Waals surface area contributed by atoms with Crippen LogP contribution in [0.25, 0.3) is 0 Å². The summed E-state index contributed by atoms with van der Waals surface area (Å²) in [6.45, 7) is 9.61. The molecule has 0 unspecified atom stereocenters. The zero-order valence-electron chi connectivity index (χ0n) is 8.02. The van der Waals surface area contributed by atoms with Gasteiger partial charge < -0.3 is 4.74 Å². The maximum Gasteiger partial charge on any atom is 0.0982 e. The highest BCUT2D eigenvalue weighted by Gasteiger charge is 2.15. The van der Waals surface area contributed by atoms with Crippen LogP contribution in [0, 0.1) is 0 Å². The van der Waals surface area contributed by atoms with Crippen molar-refractivity contribution in [1.82, 2.24) is 0 Å². The summed E-state index contributed by atoms with van der Waals surface area (Å²) in [5, 5.41) is 0. The van der Waals surface area contributed by atoms with Gasteiger partial charge in [-0.15, -0.1) is 0 Å². The molecule has 0 N–H and O–H groups in total. The fraction of sp³-hybridized carbons (Fsp3) is 0.800. The van der Waals surface area contributed by atoms with Crippen LogP contribution >= 0.6 is 0 Å². The van der Waals surface area contributed by atoms with Gasteiger partial charge in [0.1, 0.15) is 0 Å². The van der Waals surface area contributed by atoms with Crippen molar-refractivity contribution in [1.29, 1.82) is 0 Å². The van der Waals surface area contributed by atoms with Crippen LogP contribution in [0.15, 0.2) is 12.3 Å². The molecule has 0 saturated heterocycles. The summed E-state index contributed by atoms with van der Waals surface area (Å²) < 4.78 is 5.42. The fourth-order valence-electron chi connectivity index (χ4n) is 1.29. The average Bonchev–Trinajstić information content (AvgIpc) is 2.43. The molecule has 0 aromatic rings. The van der Waals surface area contributed by atoms with Gasteiger partial charge in [-0.25, -0.2) is 0 Å². The summed E-state index contributed by atoms with van der Waals surface area (Å²) in [6.07, 6.45) is 5.61. The molecule has 0 radical (unpaired) electrons. The van der Waals surface area contributed by atoms with Gasteiger partial charge in [-0.1, -0.05) is 20.4 Å². The molecular formula is C10H20O. The van der Waals surface area contributed by atoms with Crippen LogP contribution in [0.5, 0.6) is 0 Å². The van der Waals surface area contributed by atoms with E-state index in [1.54, 1.807) is 0 Å². The lowest BCUT2D eigenvalue weighted by Gasteiger charge is -2.11. The third-order valence-corrected chi connectivity index (χ3v) is 1.67. The third-order valence-electron chi connectivity index (χ3n) is 1.67. The monoisotopic (exact) mass is 156 g/mol. The van der Waals surface area contributed by atoms with Crippen molar-refractivity contribution in [3.63, 3.8) is 0 Å². The van der Waals surface area contributed by atoms with Crippen LogP contribution in [0.4, 0.5) is 0 Å². The summed E-state index contributed by atoms with van der Waals surface area (Å²) in [6, 6.07) is 0. The van der Waals surface area contributed by atoms with Crippen molar-refractivity contribution >= 4 is 0 Å². The van der Waals surface area contributed by atoms with Gasteiger partial charge in [0, 0.05) is 0 Å². The quantitative estimate of drug-likeness (QED) is 0.556. The Morgan fingerprint density at radius 3 is 2.09 bits per heavy atom. The largest absolute Gasteiger partial charge is 0.496 e. The van der Waals surface area contributed by atoms with E-state index in [1.807, 2.05) is 20.8 Å². The first-order chi connectivity index (χ1) is 5.29. The molecule has 0 heterocycles. The Bertz CT molecular complexity index is 101. The van der Waals surface area contributed by atoms with Crippen LogP contribution in [0.3, 0.4) is 0 Å². The summed E-state index contributed by atoms with van der Waals surface area (Å²) in [7, 11) is 0. The molecule has 66 valence electrons. The lowest BCUT2D eigenvalue weighted by atomic mass is 10.3. The first-order valence-electron chi connectivity index (χ1n) is 4.61. The van der Waals surface area contributed by atoms with Gasteiger partial charge >= 0.3 is 0 Å². The second kappa shape index (κ2) is 6.26. The van der Waals surface area contributed by atoms with E-state index in [-0.39, 0.29) is 0 Å². The molecule has 1 fully saturated rings. The van der Waals surface area contributed by atoms with Crippen LogP contribution in [-0.4, -0.2) is 6.10 Å². The van der Waals surface area contributed by atoms with Crippen molar-refractivity contribution in [2.45, 2.75) is 52.6 Å². The Hall–Kier alpha value is -0.460. The zero-order chi connectivity index (χ0) is 8.69. The lowest BCUT2D eigenvalue weighted by molar-refractivity contribution is 0.125. The molecule has 0 spiro atoms. The number of rotatable bonds is 2. The smallest absolute Gasteiger partial charge is 0.0982 e. The van der Waals surface area contributed by atoms with Crippen molar-refractivity contribution in [3.8, 4) is 0 Å². The van der Waals surface area contributed by atoms with E-state index >= 15 is 0 Å². The second-order valence-corrected chi connectivity index (χ2v) is 2.73. The molecule has 1 heteroatoms. The molecule has 1 nitrogen and oxygen atoms in total. The predicted octanol–water partition coefficient (Wildman–Crippen LogP) is 3.51. The van der Waals surface area contributed by atoms with E-state index in [0.29, 0.717) is 6.10 Å². The van der Waals surface area contributed by atoms with E-state index in [4.69, 9.17) is 4.74 Å². The molecule has 1 aliphatic rings. The minimum atomic E-state index is 0.488. The molecule has 11 heavy (non-hydrogen) atoms. The van der Waals surface area contributed by atoms with Gasteiger partial charge in [-0.3, -0.25) is 0 Å². The van der Waals surface area contributed by atoms with Crippen LogP contribution in [0.2, 0.25) is 0 Å². The number of ether oxygens (including phenoxy) is 1. The van der Waals surface area contributed by atoms with Crippen molar-refractivity contribution in [2.75, 3.05) is 0 Å². The molecule has 0 aromatic carbocycles. The zero-order valence-corrected chi connectivity index (χ0v) is 8.02. The van der Waals surface area contributed by atoms with Crippen molar-refractivity contribution in [2.24, 2.45) is 0 Å². The van der Waals surface area contributed by atoms with Gasteiger partial charge in [0.15, 0.2) is 0 Å². The van der Waals surface area contributed by atoms with E-state index in [2.05, 4.69) is 6.58 Å². The number of hydrogen-bond acceptors (Lipinski definition) is 1. The molecule has 1 rings (SSSR count). The third kappa shape index (κ3) is 4.88. The molecular weight excluding hydrogens is 136 g/mol. The molecule has 0 atom stereocenters. The molecule has 1 saturated carbocycles. The van der Waals surface area contributed by atoms with Crippen LogP contribution in [-0.2, 0) is 4.74 Å². The Labute approximate surface area is 70.4 Å². The molecule has 0 amide bonds. The Kier molecular flexibility index (Phi) is 6.00. The predicted molar refractivity (Wildman–Crippen MR) is 49.5 cm³/mol. The van der Waals surface area contributed by atoms with Crippen molar-refractivity contribution < 1.29 is 4.74 Å². The number of hydrogen-bond donors (Lipinski definition) is 0. The minimum absolute atomic E-state index is 0.488. The maximum absolute atomic E-state index is 5.42. The van der Waals surface area contributed by atoms with E-state index in [9.17, 15) is 0 Å². The SMILES string of the molecule is C=C(C)OC1CCCC1.CC.